The lowest BCUT2D eigenvalue weighted by Crippen LogP contribution is -1.90. The van der Waals surface area contributed by atoms with Crippen LogP contribution in [0.5, 0.6) is 11.5 Å². The highest BCUT2D eigenvalue weighted by Crippen LogP contribution is 2.35. The summed E-state index contributed by atoms with van der Waals surface area (Å²) in [5, 5.41) is 16.0. The van der Waals surface area contributed by atoms with Crippen molar-refractivity contribution in [1.82, 2.24) is 20.4 Å². The first-order valence-electron chi connectivity index (χ1n) is 8.05. The summed E-state index contributed by atoms with van der Waals surface area (Å²) in [5.74, 6) is 1.91. The van der Waals surface area contributed by atoms with Crippen LogP contribution in [0.1, 0.15) is 0 Å². The Hall–Kier alpha value is -3.32. The molecule has 7 nitrogen and oxygen atoms in total. The van der Waals surface area contributed by atoms with E-state index in [1.807, 2.05) is 30.3 Å². The minimum atomic E-state index is 0.324. The Balaban J connectivity index is 1.73. The fraction of sp³-hybridized carbons (Fsp3) is 0.105. The largest absolute Gasteiger partial charge is 0.497 e. The first kappa shape index (κ1) is 17.1. The maximum atomic E-state index is 5.97. The first-order chi connectivity index (χ1) is 13.2. The van der Waals surface area contributed by atoms with Crippen molar-refractivity contribution in [3.8, 4) is 45.7 Å². The normalized spacial score (nSPS) is 10.8. The standard InChI is InChI=1S/C19H15ClN4O3/c1-25-13-7-8-14(16(9-13)26-2)18-23-24-19(27-18)17-15(10-21-22-17)11-3-5-12(20)6-4-11/h3-10H,1-2H3,(H,21,22). The van der Waals surface area contributed by atoms with Crippen LogP contribution >= 0.6 is 11.6 Å². The number of aromatic nitrogens is 4. The number of benzene rings is 2. The minimum absolute atomic E-state index is 0.324. The molecular formula is C19H15ClN4O3. The molecule has 2 heterocycles. The summed E-state index contributed by atoms with van der Waals surface area (Å²) < 4.78 is 16.5. The van der Waals surface area contributed by atoms with E-state index in [2.05, 4.69) is 20.4 Å². The molecule has 0 aliphatic rings. The van der Waals surface area contributed by atoms with Gasteiger partial charge in [0.2, 0.25) is 0 Å². The molecule has 0 atom stereocenters. The maximum Gasteiger partial charge on any atom is 0.266 e. The zero-order valence-electron chi connectivity index (χ0n) is 14.6. The van der Waals surface area contributed by atoms with Gasteiger partial charge >= 0.3 is 0 Å². The van der Waals surface area contributed by atoms with Gasteiger partial charge in [-0.2, -0.15) is 5.10 Å². The highest BCUT2D eigenvalue weighted by molar-refractivity contribution is 6.30. The zero-order valence-corrected chi connectivity index (χ0v) is 15.3. The van der Waals surface area contributed by atoms with E-state index >= 15 is 0 Å². The molecule has 4 aromatic rings. The van der Waals surface area contributed by atoms with Crippen molar-refractivity contribution >= 4 is 11.6 Å². The highest BCUT2D eigenvalue weighted by atomic mass is 35.5. The molecule has 0 spiro atoms. The number of ether oxygens (including phenoxy) is 2. The van der Waals surface area contributed by atoms with Gasteiger partial charge in [-0.3, -0.25) is 5.10 Å². The lowest BCUT2D eigenvalue weighted by atomic mass is 10.1. The quantitative estimate of drug-likeness (QED) is 0.548. The molecule has 2 aromatic carbocycles. The third-order valence-electron chi connectivity index (χ3n) is 4.07. The summed E-state index contributed by atoms with van der Waals surface area (Å²) in [7, 11) is 3.17. The van der Waals surface area contributed by atoms with E-state index in [0.717, 1.165) is 11.1 Å². The maximum absolute atomic E-state index is 5.97. The second kappa shape index (κ2) is 7.13. The molecule has 0 aliphatic carbocycles. The number of H-pyrrole nitrogens is 1. The van der Waals surface area contributed by atoms with Gasteiger partial charge in [0.15, 0.2) is 0 Å². The lowest BCUT2D eigenvalue weighted by Gasteiger charge is -2.07. The number of methoxy groups -OCH3 is 2. The molecule has 0 saturated heterocycles. The molecule has 27 heavy (non-hydrogen) atoms. The van der Waals surface area contributed by atoms with Gasteiger partial charge in [-0.05, 0) is 29.8 Å². The Labute approximate surface area is 159 Å². The molecule has 0 fully saturated rings. The molecule has 0 aliphatic heterocycles. The third kappa shape index (κ3) is 3.24. The molecule has 1 N–H and O–H groups in total. The predicted octanol–water partition coefficient (Wildman–Crippen LogP) is 4.46. The van der Waals surface area contributed by atoms with E-state index in [9.17, 15) is 0 Å². The number of nitrogens with zero attached hydrogens (tertiary/aromatic N) is 3. The van der Waals surface area contributed by atoms with Crippen LogP contribution in [0.15, 0.2) is 53.1 Å². The van der Waals surface area contributed by atoms with E-state index in [4.69, 9.17) is 25.5 Å². The zero-order chi connectivity index (χ0) is 18.8. The topological polar surface area (TPSA) is 86.1 Å². The second-order valence-corrected chi connectivity index (χ2v) is 6.08. The molecule has 0 saturated carbocycles. The Morgan fingerprint density at radius 1 is 0.926 bits per heavy atom. The molecule has 4 rings (SSSR count). The van der Waals surface area contributed by atoms with Gasteiger partial charge in [0, 0.05) is 16.7 Å². The van der Waals surface area contributed by atoms with Gasteiger partial charge in [-0.1, -0.05) is 23.7 Å². The van der Waals surface area contributed by atoms with Crippen molar-refractivity contribution in [1.29, 1.82) is 0 Å². The Morgan fingerprint density at radius 2 is 1.70 bits per heavy atom. The van der Waals surface area contributed by atoms with E-state index in [-0.39, 0.29) is 0 Å². The number of rotatable bonds is 5. The van der Waals surface area contributed by atoms with Crippen LogP contribution in [0.25, 0.3) is 34.2 Å². The number of halogens is 1. The number of hydrogen-bond acceptors (Lipinski definition) is 6. The van der Waals surface area contributed by atoms with Crippen molar-refractivity contribution in [2.45, 2.75) is 0 Å². The monoisotopic (exact) mass is 382 g/mol. The number of nitrogens with one attached hydrogen (secondary N) is 1. The molecule has 136 valence electrons. The average molecular weight is 383 g/mol. The second-order valence-electron chi connectivity index (χ2n) is 5.64. The Morgan fingerprint density at radius 3 is 2.44 bits per heavy atom. The van der Waals surface area contributed by atoms with Gasteiger partial charge in [0.05, 0.1) is 26.0 Å². The highest BCUT2D eigenvalue weighted by Gasteiger charge is 2.19. The van der Waals surface area contributed by atoms with Crippen molar-refractivity contribution in [2.75, 3.05) is 14.2 Å². The average Bonchev–Trinajstić information content (AvgIpc) is 3.37. The summed E-state index contributed by atoms with van der Waals surface area (Å²) in [6, 6.07) is 12.8. The molecule has 0 radical (unpaired) electrons. The molecular weight excluding hydrogens is 368 g/mol. The van der Waals surface area contributed by atoms with Gasteiger partial charge in [-0.25, -0.2) is 0 Å². The molecule has 0 unspecified atom stereocenters. The summed E-state index contributed by atoms with van der Waals surface area (Å²) in [4.78, 5) is 0. The van der Waals surface area contributed by atoms with Gasteiger partial charge in [0.25, 0.3) is 11.8 Å². The summed E-state index contributed by atoms with van der Waals surface area (Å²) in [6.07, 6.45) is 1.70. The molecule has 8 heteroatoms. The SMILES string of the molecule is COc1ccc(-c2nnc(-c3[nH]ncc3-c3ccc(Cl)cc3)o2)c(OC)c1. The lowest BCUT2D eigenvalue weighted by molar-refractivity contribution is 0.394. The van der Waals surface area contributed by atoms with Crippen LogP contribution in [-0.4, -0.2) is 34.6 Å². The van der Waals surface area contributed by atoms with Crippen molar-refractivity contribution in [3.63, 3.8) is 0 Å². The van der Waals surface area contributed by atoms with Crippen molar-refractivity contribution in [2.24, 2.45) is 0 Å². The summed E-state index contributed by atoms with van der Waals surface area (Å²) in [5.41, 5.74) is 3.07. The van der Waals surface area contributed by atoms with E-state index in [1.54, 1.807) is 32.5 Å². The van der Waals surface area contributed by atoms with Crippen LogP contribution in [0.4, 0.5) is 0 Å². The Kier molecular flexibility index (Phi) is 4.52. The first-order valence-corrected chi connectivity index (χ1v) is 8.43. The smallest absolute Gasteiger partial charge is 0.266 e. The molecule has 0 bridgehead atoms. The van der Waals surface area contributed by atoms with Crippen LogP contribution < -0.4 is 9.47 Å². The van der Waals surface area contributed by atoms with Gasteiger partial charge in [-0.15, -0.1) is 10.2 Å². The molecule has 0 amide bonds. The number of hydrogen-bond donors (Lipinski definition) is 1. The Bertz CT molecular complexity index is 1070. The fourth-order valence-corrected chi connectivity index (χ4v) is 2.83. The van der Waals surface area contributed by atoms with Gasteiger partial charge < -0.3 is 13.9 Å². The van der Waals surface area contributed by atoms with Crippen LogP contribution in [-0.2, 0) is 0 Å². The van der Waals surface area contributed by atoms with E-state index in [0.29, 0.717) is 39.6 Å². The minimum Gasteiger partial charge on any atom is -0.497 e. The predicted molar refractivity (Wildman–Crippen MR) is 101 cm³/mol. The fourth-order valence-electron chi connectivity index (χ4n) is 2.71. The van der Waals surface area contributed by atoms with Gasteiger partial charge in [0.1, 0.15) is 17.2 Å². The van der Waals surface area contributed by atoms with E-state index < -0.39 is 0 Å². The van der Waals surface area contributed by atoms with Crippen LogP contribution in [0.2, 0.25) is 5.02 Å². The van der Waals surface area contributed by atoms with E-state index in [1.165, 1.54) is 0 Å². The number of aromatic amines is 1. The van der Waals surface area contributed by atoms with Crippen LogP contribution in [0.3, 0.4) is 0 Å². The summed E-state index contributed by atoms with van der Waals surface area (Å²) >= 11 is 5.97. The summed E-state index contributed by atoms with van der Waals surface area (Å²) in [6.45, 7) is 0. The van der Waals surface area contributed by atoms with Crippen LogP contribution in [0, 0.1) is 0 Å². The molecule has 2 aromatic heterocycles. The third-order valence-corrected chi connectivity index (χ3v) is 4.32. The van der Waals surface area contributed by atoms with Crippen molar-refractivity contribution < 1.29 is 13.9 Å². The van der Waals surface area contributed by atoms with Crippen molar-refractivity contribution in [3.05, 3.63) is 53.7 Å².